The van der Waals surface area contributed by atoms with E-state index in [9.17, 15) is 4.79 Å². The van der Waals surface area contributed by atoms with Crippen LogP contribution in [0.4, 0.5) is 0 Å². The molecule has 0 aliphatic heterocycles. The van der Waals surface area contributed by atoms with Crippen molar-refractivity contribution in [3.63, 3.8) is 0 Å². The average molecular weight is 185 g/mol. The number of hydrogen-bond acceptors (Lipinski definition) is 2. The van der Waals surface area contributed by atoms with Gasteiger partial charge in [0.25, 0.3) is 0 Å². The molecule has 13 heavy (non-hydrogen) atoms. The molecule has 76 valence electrons. The molecule has 0 aromatic carbocycles. The van der Waals surface area contributed by atoms with Gasteiger partial charge in [-0.25, -0.2) is 0 Å². The maximum atomic E-state index is 10.7. The van der Waals surface area contributed by atoms with Crippen LogP contribution >= 0.6 is 0 Å². The summed E-state index contributed by atoms with van der Waals surface area (Å²) < 4.78 is 0. The Kier molecular flexibility index (Phi) is 2.96. The minimum atomic E-state index is -0.859. The molecule has 1 aliphatic rings. The fourth-order valence-corrected chi connectivity index (χ4v) is 2.26. The van der Waals surface area contributed by atoms with E-state index in [4.69, 9.17) is 10.8 Å². The number of rotatable bonds is 2. The summed E-state index contributed by atoms with van der Waals surface area (Å²) in [4.78, 5) is 10.7. The van der Waals surface area contributed by atoms with Gasteiger partial charge in [-0.15, -0.1) is 0 Å². The first kappa shape index (κ1) is 10.5. The molecule has 0 aromatic rings. The van der Waals surface area contributed by atoms with Gasteiger partial charge in [-0.05, 0) is 30.6 Å². The van der Waals surface area contributed by atoms with Crippen molar-refractivity contribution in [2.45, 2.75) is 45.6 Å². The molecule has 0 bridgehead atoms. The number of nitrogens with two attached hydrogens (primary N) is 1. The molecule has 2 atom stereocenters. The van der Waals surface area contributed by atoms with Crippen molar-refractivity contribution >= 4 is 5.97 Å². The zero-order valence-corrected chi connectivity index (χ0v) is 8.42. The first-order valence-corrected chi connectivity index (χ1v) is 4.91. The maximum absolute atomic E-state index is 10.7. The van der Waals surface area contributed by atoms with Gasteiger partial charge in [-0.1, -0.05) is 20.3 Å². The summed E-state index contributed by atoms with van der Waals surface area (Å²) in [6.07, 6.45) is 4.21. The molecule has 0 heterocycles. The fourth-order valence-electron chi connectivity index (χ4n) is 2.26. The Hall–Kier alpha value is -0.570. The Morgan fingerprint density at radius 2 is 2.23 bits per heavy atom. The first-order valence-electron chi connectivity index (χ1n) is 4.91. The van der Waals surface area contributed by atoms with E-state index in [-0.39, 0.29) is 11.3 Å². The molecule has 3 heteroatoms. The van der Waals surface area contributed by atoms with Crippen LogP contribution in [0.1, 0.15) is 39.5 Å². The first-order chi connectivity index (χ1) is 5.92. The van der Waals surface area contributed by atoms with E-state index < -0.39 is 12.0 Å². The van der Waals surface area contributed by atoms with Crippen LogP contribution in [0.25, 0.3) is 0 Å². The van der Waals surface area contributed by atoms with Crippen molar-refractivity contribution in [3.05, 3.63) is 0 Å². The van der Waals surface area contributed by atoms with E-state index >= 15 is 0 Å². The molecule has 0 amide bonds. The molecule has 1 fully saturated rings. The molecular formula is C10H19NO2. The maximum Gasteiger partial charge on any atom is 0.320 e. The highest BCUT2D eigenvalue weighted by Crippen LogP contribution is 2.39. The highest BCUT2D eigenvalue weighted by Gasteiger charge is 2.33. The van der Waals surface area contributed by atoms with Crippen LogP contribution < -0.4 is 5.73 Å². The number of carboxylic acids is 1. The van der Waals surface area contributed by atoms with Crippen LogP contribution in [-0.2, 0) is 4.79 Å². The van der Waals surface area contributed by atoms with Gasteiger partial charge in [-0.2, -0.15) is 0 Å². The minimum absolute atomic E-state index is 0.168. The number of carbonyl (C=O) groups is 1. The lowest BCUT2D eigenvalue weighted by Gasteiger charge is -2.36. The second-order valence-corrected chi connectivity index (χ2v) is 4.88. The van der Waals surface area contributed by atoms with E-state index in [1.807, 2.05) is 0 Å². The van der Waals surface area contributed by atoms with Gasteiger partial charge >= 0.3 is 5.97 Å². The zero-order chi connectivity index (χ0) is 10.1. The molecule has 1 rings (SSSR count). The Balaban J connectivity index is 2.56. The van der Waals surface area contributed by atoms with Crippen molar-refractivity contribution in [1.29, 1.82) is 0 Å². The minimum Gasteiger partial charge on any atom is -0.480 e. The smallest absolute Gasteiger partial charge is 0.320 e. The van der Waals surface area contributed by atoms with Gasteiger partial charge in [0.2, 0.25) is 0 Å². The topological polar surface area (TPSA) is 63.3 Å². The summed E-state index contributed by atoms with van der Waals surface area (Å²) in [7, 11) is 0. The quantitative estimate of drug-likeness (QED) is 0.687. The van der Waals surface area contributed by atoms with Crippen LogP contribution in [-0.4, -0.2) is 17.1 Å². The third-order valence-electron chi connectivity index (χ3n) is 3.04. The van der Waals surface area contributed by atoms with Gasteiger partial charge in [0.05, 0.1) is 0 Å². The molecule has 1 aliphatic carbocycles. The molecule has 0 spiro atoms. The van der Waals surface area contributed by atoms with Crippen molar-refractivity contribution in [2.24, 2.45) is 17.1 Å². The zero-order valence-electron chi connectivity index (χ0n) is 8.42. The number of hydrogen-bond donors (Lipinski definition) is 2. The van der Waals surface area contributed by atoms with E-state index in [2.05, 4.69) is 13.8 Å². The fraction of sp³-hybridized carbons (Fsp3) is 0.900. The van der Waals surface area contributed by atoms with Crippen molar-refractivity contribution in [2.75, 3.05) is 0 Å². The van der Waals surface area contributed by atoms with Crippen molar-refractivity contribution in [3.8, 4) is 0 Å². The molecule has 3 N–H and O–H groups in total. The lowest BCUT2D eigenvalue weighted by molar-refractivity contribution is -0.140. The highest BCUT2D eigenvalue weighted by molar-refractivity contribution is 5.73. The third kappa shape index (κ3) is 2.69. The van der Waals surface area contributed by atoms with Crippen molar-refractivity contribution in [1.82, 2.24) is 0 Å². The van der Waals surface area contributed by atoms with Gasteiger partial charge in [0.1, 0.15) is 6.04 Å². The number of aliphatic carboxylic acids is 1. The molecule has 0 aromatic heterocycles. The van der Waals surface area contributed by atoms with Crippen LogP contribution in [0, 0.1) is 11.3 Å². The Labute approximate surface area is 79.3 Å². The van der Waals surface area contributed by atoms with Crippen LogP contribution in [0.5, 0.6) is 0 Å². The normalized spacial score (nSPS) is 29.6. The summed E-state index contributed by atoms with van der Waals surface area (Å²) in [5, 5.41) is 8.78. The van der Waals surface area contributed by atoms with Gasteiger partial charge in [0.15, 0.2) is 0 Å². The van der Waals surface area contributed by atoms with E-state index in [0.717, 1.165) is 19.3 Å². The van der Waals surface area contributed by atoms with Gasteiger partial charge in [-0.3, -0.25) is 4.79 Å². The lowest BCUT2D eigenvalue weighted by Crippen LogP contribution is -2.41. The Bertz CT molecular complexity index is 201. The monoisotopic (exact) mass is 185 g/mol. The molecule has 0 radical (unpaired) electrons. The predicted octanol–water partition coefficient (Wildman–Crippen LogP) is 1.61. The second-order valence-electron chi connectivity index (χ2n) is 4.88. The second kappa shape index (κ2) is 3.66. The molecule has 0 saturated heterocycles. The largest absolute Gasteiger partial charge is 0.480 e. The SMILES string of the molecule is CC1(C)CCCC([C@H](N)C(=O)O)C1. The molecular weight excluding hydrogens is 166 g/mol. The lowest BCUT2D eigenvalue weighted by atomic mass is 9.70. The standard InChI is InChI=1S/C10H19NO2/c1-10(2)5-3-4-7(6-10)8(11)9(12)13/h7-8H,3-6,11H2,1-2H3,(H,12,13)/t7?,8-/m0/s1. The summed E-state index contributed by atoms with van der Waals surface area (Å²) in [5.41, 5.74) is 5.89. The van der Waals surface area contributed by atoms with E-state index in [1.165, 1.54) is 6.42 Å². The van der Waals surface area contributed by atoms with Crippen LogP contribution in [0.3, 0.4) is 0 Å². The molecule has 1 unspecified atom stereocenters. The van der Waals surface area contributed by atoms with Crippen molar-refractivity contribution < 1.29 is 9.90 Å². The average Bonchev–Trinajstić information content (AvgIpc) is 2.01. The third-order valence-corrected chi connectivity index (χ3v) is 3.04. The van der Waals surface area contributed by atoms with E-state index in [1.54, 1.807) is 0 Å². The molecule has 1 saturated carbocycles. The Morgan fingerprint density at radius 3 is 2.69 bits per heavy atom. The summed E-state index contributed by atoms with van der Waals surface area (Å²) in [5.74, 6) is -0.691. The summed E-state index contributed by atoms with van der Waals surface area (Å²) in [6.45, 7) is 4.38. The highest BCUT2D eigenvalue weighted by atomic mass is 16.4. The van der Waals surface area contributed by atoms with E-state index in [0.29, 0.717) is 0 Å². The number of carboxylic acid groups (broad SMARTS) is 1. The van der Waals surface area contributed by atoms with Crippen LogP contribution in [0.2, 0.25) is 0 Å². The Morgan fingerprint density at radius 1 is 1.62 bits per heavy atom. The van der Waals surface area contributed by atoms with Crippen LogP contribution in [0.15, 0.2) is 0 Å². The summed E-state index contributed by atoms with van der Waals surface area (Å²) in [6, 6.07) is -0.667. The van der Waals surface area contributed by atoms with Gasteiger partial charge in [0, 0.05) is 0 Å². The summed E-state index contributed by atoms with van der Waals surface area (Å²) >= 11 is 0. The van der Waals surface area contributed by atoms with Gasteiger partial charge < -0.3 is 10.8 Å². The predicted molar refractivity (Wildman–Crippen MR) is 51.4 cm³/mol. The molecule has 3 nitrogen and oxygen atoms in total.